The van der Waals surface area contributed by atoms with Crippen LogP contribution in [0, 0.1) is 5.41 Å². The highest BCUT2D eigenvalue weighted by Crippen LogP contribution is 2.34. The van der Waals surface area contributed by atoms with E-state index >= 15 is 0 Å². The van der Waals surface area contributed by atoms with Gasteiger partial charge in [0.1, 0.15) is 23.7 Å². The monoisotopic (exact) mass is 456 g/mol. The predicted octanol–water partition coefficient (Wildman–Crippen LogP) is 6.51. The summed E-state index contributed by atoms with van der Waals surface area (Å²) < 4.78 is 11.9. The molecule has 2 N–H and O–H groups in total. The number of aliphatic hydroxyl groups excluding tert-OH is 2. The highest BCUT2D eigenvalue weighted by molar-refractivity contribution is 5.42. The van der Waals surface area contributed by atoms with E-state index in [2.05, 4.69) is 58.9 Å². The van der Waals surface area contributed by atoms with E-state index in [0.717, 1.165) is 17.9 Å². The van der Waals surface area contributed by atoms with Crippen molar-refractivity contribution in [1.29, 1.82) is 0 Å². The number of hydrogen-bond acceptors (Lipinski definition) is 4. The van der Waals surface area contributed by atoms with Gasteiger partial charge in [0.15, 0.2) is 0 Å². The zero-order valence-corrected chi connectivity index (χ0v) is 21.8. The van der Waals surface area contributed by atoms with Crippen LogP contribution in [0.3, 0.4) is 0 Å². The molecule has 2 aromatic rings. The van der Waals surface area contributed by atoms with Gasteiger partial charge in [0.05, 0.1) is 12.2 Å². The predicted molar refractivity (Wildman–Crippen MR) is 136 cm³/mol. The minimum atomic E-state index is -0.475. The second-order valence-corrected chi connectivity index (χ2v) is 11.5. The van der Waals surface area contributed by atoms with Crippen LogP contribution >= 0.6 is 0 Å². The molecular formula is C29H44O4. The molecule has 0 aliphatic rings. The summed E-state index contributed by atoms with van der Waals surface area (Å²) in [6, 6.07) is 16.3. The first-order chi connectivity index (χ1) is 15.2. The average molecular weight is 457 g/mol. The fraction of sp³-hybridized carbons (Fsp3) is 0.586. The van der Waals surface area contributed by atoms with Crippen molar-refractivity contribution >= 4 is 0 Å². The Bertz CT molecular complexity index is 845. The molecule has 0 spiro atoms. The summed E-state index contributed by atoms with van der Waals surface area (Å²) in [7, 11) is 0. The van der Waals surface area contributed by atoms with Gasteiger partial charge in [0.2, 0.25) is 0 Å². The molecule has 0 saturated heterocycles. The molecular weight excluding hydrogens is 412 g/mol. The van der Waals surface area contributed by atoms with Gasteiger partial charge in [-0.25, -0.2) is 0 Å². The Kier molecular flexibility index (Phi) is 9.01. The van der Waals surface area contributed by atoms with Crippen molar-refractivity contribution < 1.29 is 19.7 Å². The molecule has 0 saturated carbocycles. The topological polar surface area (TPSA) is 58.9 Å². The molecule has 0 fully saturated rings. The molecule has 33 heavy (non-hydrogen) atoms. The first-order valence-electron chi connectivity index (χ1n) is 12.1. The lowest BCUT2D eigenvalue weighted by molar-refractivity contribution is 0.0369. The van der Waals surface area contributed by atoms with E-state index < -0.39 is 11.7 Å². The normalized spacial score (nSPS) is 14.6. The Morgan fingerprint density at radius 1 is 0.697 bits per heavy atom. The van der Waals surface area contributed by atoms with E-state index in [9.17, 15) is 10.2 Å². The Labute approximate surface area is 201 Å². The molecule has 4 heteroatoms. The van der Waals surface area contributed by atoms with Crippen LogP contribution in [0.15, 0.2) is 48.5 Å². The number of benzene rings is 2. The molecule has 2 rings (SSSR count). The van der Waals surface area contributed by atoms with Gasteiger partial charge >= 0.3 is 0 Å². The summed E-state index contributed by atoms with van der Waals surface area (Å²) in [6.07, 6.45) is 1.19. The fourth-order valence-electron chi connectivity index (χ4n) is 4.10. The second-order valence-electron chi connectivity index (χ2n) is 11.5. The van der Waals surface area contributed by atoms with Crippen molar-refractivity contribution in [3.63, 3.8) is 0 Å². The van der Waals surface area contributed by atoms with Gasteiger partial charge in [-0.15, -0.1) is 0 Å². The Morgan fingerprint density at radius 3 is 1.64 bits per heavy atom. The first kappa shape index (κ1) is 27.2. The minimum absolute atomic E-state index is 0.0732. The van der Waals surface area contributed by atoms with E-state index in [1.165, 1.54) is 11.1 Å². The lowest BCUT2D eigenvalue weighted by atomic mass is 9.78. The Morgan fingerprint density at radius 2 is 1.18 bits per heavy atom. The summed E-state index contributed by atoms with van der Waals surface area (Å²) in [4.78, 5) is 0. The van der Waals surface area contributed by atoms with Crippen LogP contribution in [0.4, 0.5) is 0 Å². The molecule has 0 aliphatic carbocycles. The van der Waals surface area contributed by atoms with Gasteiger partial charge in [-0.1, -0.05) is 65.8 Å². The lowest BCUT2D eigenvalue weighted by Crippen LogP contribution is -2.33. The average Bonchev–Trinajstić information content (AvgIpc) is 2.71. The molecule has 0 aliphatic heterocycles. The third-order valence-corrected chi connectivity index (χ3v) is 6.03. The maximum atomic E-state index is 10.2. The van der Waals surface area contributed by atoms with Crippen molar-refractivity contribution in [2.45, 2.75) is 97.9 Å². The zero-order valence-electron chi connectivity index (χ0n) is 21.8. The van der Waals surface area contributed by atoms with Crippen molar-refractivity contribution in [1.82, 2.24) is 0 Å². The summed E-state index contributed by atoms with van der Waals surface area (Å²) in [5, 5.41) is 20.2. The molecule has 2 unspecified atom stereocenters. The number of rotatable bonds is 11. The molecule has 4 nitrogen and oxygen atoms in total. The van der Waals surface area contributed by atoms with Crippen LogP contribution in [-0.2, 0) is 5.41 Å². The van der Waals surface area contributed by atoms with Crippen LogP contribution in [-0.4, -0.2) is 34.6 Å². The molecule has 2 aromatic carbocycles. The Balaban J connectivity index is 2.02. The molecule has 0 aromatic heterocycles. The molecule has 0 bridgehead atoms. The van der Waals surface area contributed by atoms with Crippen molar-refractivity contribution in [2.24, 2.45) is 5.41 Å². The van der Waals surface area contributed by atoms with Crippen LogP contribution in [0.25, 0.3) is 0 Å². The van der Waals surface area contributed by atoms with Crippen molar-refractivity contribution in [3.8, 4) is 11.5 Å². The number of ether oxygens (including phenoxy) is 2. The standard InChI is InChI=1S/C29H44O4/c1-9-23(30)19-28(5,6)33-26-16-12-22(13-17-26)29(7,8)21-10-14-25(15-11-21)32-20-24(31)18-27(2,3)4/h10-17,23-24,30-31H,9,18-20H2,1-8H3. The fourth-order valence-corrected chi connectivity index (χ4v) is 4.10. The van der Waals surface area contributed by atoms with Crippen LogP contribution < -0.4 is 9.47 Å². The van der Waals surface area contributed by atoms with Crippen LogP contribution in [0.5, 0.6) is 11.5 Å². The molecule has 0 heterocycles. The van der Waals surface area contributed by atoms with Gasteiger partial charge < -0.3 is 19.7 Å². The second kappa shape index (κ2) is 10.9. The smallest absolute Gasteiger partial charge is 0.120 e. The van der Waals surface area contributed by atoms with E-state index in [-0.39, 0.29) is 16.9 Å². The highest BCUT2D eigenvalue weighted by Gasteiger charge is 2.26. The van der Waals surface area contributed by atoms with Gasteiger partial charge in [0.25, 0.3) is 0 Å². The van der Waals surface area contributed by atoms with Crippen molar-refractivity contribution in [2.75, 3.05) is 6.61 Å². The zero-order chi connectivity index (χ0) is 24.9. The maximum absolute atomic E-state index is 10.2. The number of hydrogen-bond donors (Lipinski definition) is 2. The van der Waals surface area contributed by atoms with E-state index in [4.69, 9.17) is 9.47 Å². The Hall–Kier alpha value is -2.04. The molecule has 0 radical (unpaired) electrons. The minimum Gasteiger partial charge on any atom is -0.491 e. The quantitative estimate of drug-likeness (QED) is 0.405. The van der Waals surface area contributed by atoms with Crippen LogP contribution in [0.1, 0.15) is 85.8 Å². The summed E-state index contributed by atoms with van der Waals surface area (Å²) in [5.74, 6) is 1.57. The molecule has 2 atom stereocenters. The largest absolute Gasteiger partial charge is 0.491 e. The number of aliphatic hydroxyl groups is 2. The van der Waals surface area contributed by atoms with Crippen molar-refractivity contribution in [3.05, 3.63) is 59.7 Å². The first-order valence-corrected chi connectivity index (χ1v) is 12.1. The van der Waals surface area contributed by atoms with E-state index in [1.807, 2.05) is 45.0 Å². The summed E-state index contributed by atoms with van der Waals surface area (Å²) in [5.41, 5.74) is 1.84. The summed E-state index contributed by atoms with van der Waals surface area (Å²) >= 11 is 0. The molecule has 0 amide bonds. The third kappa shape index (κ3) is 8.68. The van der Waals surface area contributed by atoms with E-state index in [0.29, 0.717) is 19.4 Å². The lowest BCUT2D eigenvalue weighted by Gasteiger charge is -2.30. The van der Waals surface area contributed by atoms with Gasteiger partial charge in [-0.2, -0.15) is 0 Å². The summed E-state index contributed by atoms with van der Waals surface area (Å²) in [6.45, 7) is 17.0. The highest BCUT2D eigenvalue weighted by atomic mass is 16.5. The van der Waals surface area contributed by atoms with Gasteiger partial charge in [-0.05, 0) is 67.5 Å². The SMILES string of the molecule is CCC(O)CC(C)(C)Oc1ccc(C(C)(C)c2ccc(OCC(O)CC(C)(C)C)cc2)cc1. The van der Waals surface area contributed by atoms with Crippen LogP contribution in [0.2, 0.25) is 0 Å². The molecule has 184 valence electrons. The maximum Gasteiger partial charge on any atom is 0.120 e. The van der Waals surface area contributed by atoms with Gasteiger partial charge in [0, 0.05) is 11.8 Å². The van der Waals surface area contributed by atoms with E-state index in [1.54, 1.807) is 0 Å². The third-order valence-electron chi connectivity index (χ3n) is 6.03. The van der Waals surface area contributed by atoms with Gasteiger partial charge in [-0.3, -0.25) is 0 Å².